The molecule has 3 aromatic carbocycles. The van der Waals surface area contributed by atoms with E-state index in [2.05, 4.69) is 50.1 Å². The van der Waals surface area contributed by atoms with Crippen molar-refractivity contribution in [3.63, 3.8) is 0 Å². The Bertz CT molecular complexity index is 1160. The lowest BCUT2D eigenvalue weighted by Gasteiger charge is -2.26. The zero-order valence-electron chi connectivity index (χ0n) is 14.2. The lowest BCUT2D eigenvalue weighted by atomic mass is 10.0. The van der Waals surface area contributed by atoms with Crippen molar-refractivity contribution in [3.8, 4) is 0 Å². The normalized spacial score (nSPS) is 15.9. The van der Waals surface area contributed by atoms with Crippen LogP contribution in [0.4, 0.5) is 10.3 Å². The summed E-state index contributed by atoms with van der Waals surface area (Å²) in [6.07, 6.45) is 2.16. The number of nitrogens with zero attached hydrogens (tertiary/aromatic N) is 2. The van der Waals surface area contributed by atoms with Crippen LogP contribution in [-0.4, -0.2) is 9.55 Å². The average molecular weight is 420 g/mol. The Morgan fingerprint density at radius 3 is 2.44 bits per heavy atom. The fourth-order valence-electron chi connectivity index (χ4n) is 3.51. The standard InChI is InChI=1S/C22H15BrFN3/c23-16-9-5-15(6-10-16)21-13-19(14-7-11-17(24)12-8-14)26-22-25-18-3-1-2-4-20(18)27(21)22/h1-13,21H,(H,25,26)/t21-/m1/s1. The van der Waals surface area contributed by atoms with Crippen molar-refractivity contribution in [3.05, 3.63) is 100 Å². The van der Waals surface area contributed by atoms with E-state index < -0.39 is 0 Å². The second-order valence-electron chi connectivity index (χ2n) is 6.50. The zero-order valence-corrected chi connectivity index (χ0v) is 15.8. The van der Waals surface area contributed by atoms with Crippen LogP contribution in [0.2, 0.25) is 0 Å². The molecule has 0 bridgehead atoms. The van der Waals surface area contributed by atoms with Crippen molar-refractivity contribution in [2.24, 2.45) is 0 Å². The highest BCUT2D eigenvalue weighted by molar-refractivity contribution is 9.10. The van der Waals surface area contributed by atoms with Gasteiger partial charge in [-0.25, -0.2) is 9.37 Å². The summed E-state index contributed by atoms with van der Waals surface area (Å²) in [5.74, 6) is 0.540. The number of halogens is 2. The number of imidazole rings is 1. The molecule has 2 heterocycles. The van der Waals surface area contributed by atoms with Crippen molar-refractivity contribution in [2.75, 3.05) is 5.32 Å². The van der Waals surface area contributed by atoms with Gasteiger partial charge in [0.2, 0.25) is 5.95 Å². The number of fused-ring (bicyclic) bond motifs is 3. The molecule has 0 spiro atoms. The average Bonchev–Trinajstić information content (AvgIpc) is 3.07. The van der Waals surface area contributed by atoms with Crippen molar-refractivity contribution in [2.45, 2.75) is 6.04 Å². The highest BCUT2D eigenvalue weighted by Crippen LogP contribution is 2.37. The first-order chi connectivity index (χ1) is 13.2. The number of nitrogens with one attached hydrogen (secondary N) is 1. The van der Waals surface area contributed by atoms with Crippen molar-refractivity contribution in [1.29, 1.82) is 0 Å². The van der Waals surface area contributed by atoms with E-state index in [1.807, 2.05) is 30.3 Å². The molecule has 1 aliphatic rings. The molecule has 27 heavy (non-hydrogen) atoms. The second kappa shape index (κ2) is 6.35. The van der Waals surface area contributed by atoms with Crippen LogP contribution in [0.25, 0.3) is 16.7 Å². The Kier molecular flexibility index (Phi) is 3.83. The molecule has 5 rings (SSSR count). The fraction of sp³-hybridized carbons (Fsp3) is 0.0455. The number of para-hydroxylation sites is 2. The van der Waals surface area contributed by atoms with Crippen LogP contribution >= 0.6 is 15.9 Å². The van der Waals surface area contributed by atoms with Gasteiger partial charge in [-0.15, -0.1) is 0 Å². The molecule has 1 N–H and O–H groups in total. The number of rotatable bonds is 2. The molecule has 0 unspecified atom stereocenters. The summed E-state index contributed by atoms with van der Waals surface area (Å²) in [4.78, 5) is 4.77. The molecule has 3 nitrogen and oxygen atoms in total. The van der Waals surface area contributed by atoms with Gasteiger partial charge in [-0.3, -0.25) is 4.57 Å². The molecule has 0 aliphatic carbocycles. The van der Waals surface area contributed by atoms with Gasteiger partial charge in [-0.2, -0.15) is 0 Å². The van der Waals surface area contributed by atoms with Gasteiger partial charge in [0.05, 0.1) is 17.1 Å². The summed E-state index contributed by atoms with van der Waals surface area (Å²) in [5.41, 5.74) is 5.02. The summed E-state index contributed by atoms with van der Waals surface area (Å²) >= 11 is 3.51. The number of hydrogen-bond acceptors (Lipinski definition) is 2. The van der Waals surface area contributed by atoms with E-state index in [1.54, 1.807) is 12.1 Å². The Balaban J connectivity index is 1.71. The predicted octanol–water partition coefficient (Wildman–Crippen LogP) is 5.99. The van der Waals surface area contributed by atoms with Gasteiger partial charge >= 0.3 is 0 Å². The van der Waals surface area contributed by atoms with Crippen LogP contribution in [0, 0.1) is 5.82 Å². The van der Waals surface area contributed by atoms with Gasteiger partial charge in [0.25, 0.3) is 0 Å². The summed E-state index contributed by atoms with van der Waals surface area (Å²) in [6, 6.07) is 22.9. The van der Waals surface area contributed by atoms with E-state index in [9.17, 15) is 4.39 Å². The van der Waals surface area contributed by atoms with Gasteiger partial charge in [0, 0.05) is 10.2 Å². The third kappa shape index (κ3) is 2.84. The first-order valence-electron chi connectivity index (χ1n) is 8.66. The largest absolute Gasteiger partial charge is 0.325 e. The highest BCUT2D eigenvalue weighted by Gasteiger charge is 2.25. The second-order valence-corrected chi connectivity index (χ2v) is 7.42. The maximum absolute atomic E-state index is 13.4. The molecule has 0 radical (unpaired) electrons. The first kappa shape index (κ1) is 16.3. The van der Waals surface area contributed by atoms with Crippen LogP contribution in [-0.2, 0) is 0 Å². The number of hydrogen-bond donors (Lipinski definition) is 1. The SMILES string of the molecule is Fc1ccc(C2=C[C@H](c3ccc(Br)cc3)n3c(nc4ccccc43)N2)cc1. The van der Waals surface area contributed by atoms with Crippen LogP contribution in [0.5, 0.6) is 0 Å². The fourth-order valence-corrected chi connectivity index (χ4v) is 3.78. The van der Waals surface area contributed by atoms with E-state index in [0.29, 0.717) is 0 Å². The molecule has 132 valence electrons. The summed E-state index contributed by atoms with van der Waals surface area (Å²) in [6.45, 7) is 0. The molecule has 5 heteroatoms. The minimum absolute atomic E-state index is 0.0122. The van der Waals surface area contributed by atoms with Gasteiger partial charge in [0.15, 0.2) is 0 Å². The van der Waals surface area contributed by atoms with Crippen LogP contribution in [0.3, 0.4) is 0 Å². The van der Waals surface area contributed by atoms with Gasteiger partial charge in [-0.05, 0) is 65.7 Å². The lowest BCUT2D eigenvalue weighted by Crippen LogP contribution is -2.19. The molecule has 4 aromatic rings. The molecule has 0 amide bonds. The van der Waals surface area contributed by atoms with E-state index >= 15 is 0 Å². The van der Waals surface area contributed by atoms with Crippen LogP contribution in [0.1, 0.15) is 17.2 Å². The smallest absolute Gasteiger partial charge is 0.209 e. The van der Waals surface area contributed by atoms with Crippen molar-refractivity contribution in [1.82, 2.24) is 9.55 Å². The lowest BCUT2D eigenvalue weighted by molar-refractivity contribution is 0.627. The van der Waals surface area contributed by atoms with Crippen molar-refractivity contribution >= 4 is 38.6 Å². The monoisotopic (exact) mass is 419 g/mol. The van der Waals surface area contributed by atoms with E-state index in [0.717, 1.165) is 38.3 Å². The Labute approximate surface area is 164 Å². The molecule has 0 saturated heterocycles. The molecule has 0 fully saturated rings. The number of anilines is 1. The highest BCUT2D eigenvalue weighted by atomic mass is 79.9. The number of allylic oxidation sites excluding steroid dienone is 1. The van der Waals surface area contributed by atoms with E-state index in [-0.39, 0.29) is 11.9 Å². The molecular formula is C22H15BrFN3. The Morgan fingerprint density at radius 1 is 0.926 bits per heavy atom. The number of aromatic nitrogens is 2. The molecule has 1 aliphatic heterocycles. The number of benzene rings is 3. The third-order valence-corrected chi connectivity index (χ3v) is 5.34. The maximum atomic E-state index is 13.4. The van der Waals surface area contributed by atoms with E-state index in [4.69, 9.17) is 4.98 Å². The topological polar surface area (TPSA) is 29.9 Å². The van der Waals surface area contributed by atoms with Crippen LogP contribution in [0.15, 0.2) is 83.3 Å². The quantitative estimate of drug-likeness (QED) is 0.432. The third-order valence-electron chi connectivity index (χ3n) is 4.81. The van der Waals surface area contributed by atoms with E-state index in [1.165, 1.54) is 12.1 Å². The summed E-state index contributed by atoms with van der Waals surface area (Å²) in [5, 5.41) is 3.41. The molecule has 1 atom stereocenters. The Hall–Kier alpha value is -2.92. The maximum Gasteiger partial charge on any atom is 0.209 e. The minimum atomic E-state index is -0.244. The molecular weight excluding hydrogens is 405 g/mol. The van der Waals surface area contributed by atoms with Crippen LogP contribution < -0.4 is 5.32 Å². The van der Waals surface area contributed by atoms with Gasteiger partial charge in [0.1, 0.15) is 5.82 Å². The van der Waals surface area contributed by atoms with Gasteiger partial charge < -0.3 is 5.32 Å². The zero-order chi connectivity index (χ0) is 18.4. The first-order valence-corrected chi connectivity index (χ1v) is 9.45. The summed E-state index contributed by atoms with van der Waals surface area (Å²) in [7, 11) is 0. The minimum Gasteiger partial charge on any atom is -0.325 e. The predicted molar refractivity (Wildman–Crippen MR) is 110 cm³/mol. The molecule has 0 saturated carbocycles. The Morgan fingerprint density at radius 2 is 1.67 bits per heavy atom. The van der Waals surface area contributed by atoms with Crippen molar-refractivity contribution < 1.29 is 4.39 Å². The van der Waals surface area contributed by atoms with Gasteiger partial charge in [-0.1, -0.05) is 40.2 Å². The summed E-state index contributed by atoms with van der Waals surface area (Å²) < 4.78 is 16.6. The molecule has 1 aromatic heterocycles.